The number of aromatic carboxylic acids is 1. The quantitative estimate of drug-likeness (QED) is 0.862. The number of hydrogen-bond acceptors (Lipinski definition) is 3. The maximum Gasteiger partial charge on any atom is 0.335 e. The predicted octanol–water partition coefficient (Wildman–Crippen LogP) is 2.53. The van der Waals surface area contributed by atoms with Crippen molar-refractivity contribution in [2.24, 2.45) is 5.92 Å². The first-order valence-electron chi connectivity index (χ1n) is 6.26. The summed E-state index contributed by atoms with van der Waals surface area (Å²) < 4.78 is 27.7. The van der Waals surface area contributed by atoms with Gasteiger partial charge in [0.05, 0.1) is 10.5 Å². The van der Waals surface area contributed by atoms with E-state index in [-0.39, 0.29) is 16.5 Å². The van der Waals surface area contributed by atoms with Crippen molar-refractivity contribution in [3.05, 3.63) is 27.7 Å². The standard InChI is InChI=1S/C13H16BrNO4S/c1-7-3-10(4-7)15-20(18,19)11-6-9(13(16)17)5-8(2)12(11)14/h5-7,10,15H,3-4H2,1-2H3,(H,16,17). The fraction of sp³-hybridized carbons (Fsp3) is 0.462. The predicted molar refractivity (Wildman–Crippen MR) is 78.3 cm³/mol. The van der Waals surface area contributed by atoms with Crippen LogP contribution in [0.4, 0.5) is 0 Å². The Kier molecular flexibility index (Phi) is 4.22. The van der Waals surface area contributed by atoms with E-state index in [0.29, 0.717) is 16.0 Å². The minimum absolute atomic E-state index is 0.0190. The van der Waals surface area contributed by atoms with Gasteiger partial charge in [-0.15, -0.1) is 0 Å². The molecule has 1 aromatic rings. The molecule has 1 aromatic carbocycles. The third-order valence-electron chi connectivity index (χ3n) is 3.45. The number of aryl methyl sites for hydroxylation is 1. The maximum atomic E-state index is 12.4. The molecule has 1 saturated carbocycles. The van der Waals surface area contributed by atoms with Gasteiger partial charge in [-0.3, -0.25) is 0 Å². The average molecular weight is 362 g/mol. The van der Waals surface area contributed by atoms with Crippen molar-refractivity contribution in [3.63, 3.8) is 0 Å². The Labute approximate surface area is 126 Å². The van der Waals surface area contributed by atoms with Crippen LogP contribution in [-0.4, -0.2) is 25.5 Å². The number of benzene rings is 1. The van der Waals surface area contributed by atoms with E-state index in [0.717, 1.165) is 12.8 Å². The smallest absolute Gasteiger partial charge is 0.335 e. The lowest BCUT2D eigenvalue weighted by molar-refractivity contribution is 0.0696. The Morgan fingerprint density at radius 1 is 1.40 bits per heavy atom. The van der Waals surface area contributed by atoms with Crippen molar-refractivity contribution >= 4 is 31.9 Å². The summed E-state index contributed by atoms with van der Waals surface area (Å²) in [7, 11) is -3.71. The fourth-order valence-corrected chi connectivity index (χ4v) is 4.64. The van der Waals surface area contributed by atoms with E-state index >= 15 is 0 Å². The van der Waals surface area contributed by atoms with Gasteiger partial charge in [0.1, 0.15) is 0 Å². The summed E-state index contributed by atoms with van der Waals surface area (Å²) in [5.41, 5.74) is 0.542. The SMILES string of the molecule is Cc1cc(C(=O)O)cc(S(=O)(=O)NC2CC(C)C2)c1Br. The zero-order valence-corrected chi connectivity index (χ0v) is 13.6. The lowest BCUT2D eigenvalue weighted by Crippen LogP contribution is -2.43. The first-order chi connectivity index (χ1) is 9.20. The summed E-state index contributed by atoms with van der Waals surface area (Å²) in [6.07, 6.45) is 1.63. The molecule has 0 atom stereocenters. The van der Waals surface area contributed by atoms with Crippen molar-refractivity contribution in [1.29, 1.82) is 0 Å². The van der Waals surface area contributed by atoms with Crippen LogP contribution < -0.4 is 4.72 Å². The molecule has 0 heterocycles. The monoisotopic (exact) mass is 361 g/mol. The van der Waals surface area contributed by atoms with Gasteiger partial charge in [-0.1, -0.05) is 6.92 Å². The Bertz CT molecular complexity index is 651. The summed E-state index contributed by atoms with van der Waals surface area (Å²) in [6, 6.07) is 2.57. The first kappa shape index (κ1) is 15.5. The molecular weight excluding hydrogens is 346 g/mol. The molecule has 0 radical (unpaired) electrons. The molecule has 0 unspecified atom stereocenters. The lowest BCUT2D eigenvalue weighted by Gasteiger charge is -2.33. The van der Waals surface area contributed by atoms with E-state index in [2.05, 4.69) is 27.6 Å². The molecule has 2 N–H and O–H groups in total. The summed E-state index contributed by atoms with van der Waals surface area (Å²) in [4.78, 5) is 11.0. The first-order valence-corrected chi connectivity index (χ1v) is 8.54. The van der Waals surface area contributed by atoms with Gasteiger partial charge in [-0.05, 0) is 59.3 Å². The van der Waals surface area contributed by atoms with Crippen LogP contribution in [0.3, 0.4) is 0 Å². The average Bonchev–Trinajstić information content (AvgIpc) is 2.29. The van der Waals surface area contributed by atoms with Crippen molar-refractivity contribution in [1.82, 2.24) is 4.72 Å². The van der Waals surface area contributed by atoms with E-state index in [4.69, 9.17) is 5.11 Å². The Morgan fingerprint density at radius 3 is 2.50 bits per heavy atom. The minimum atomic E-state index is -3.71. The molecule has 1 aliphatic rings. The number of nitrogens with one attached hydrogen (secondary N) is 1. The zero-order chi connectivity index (χ0) is 15.1. The molecule has 0 spiro atoms. The molecule has 0 bridgehead atoms. The number of rotatable bonds is 4. The summed E-state index contributed by atoms with van der Waals surface area (Å²) in [5.74, 6) is -0.618. The summed E-state index contributed by atoms with van der Waals surface area (Å²) in [5, 5.41) is 9.03. The van der Waals surface area contributed by atoms with Gasteiger partial charge in [0, 0.05) is 10.5 Å². The number of halogens is 1. The number of sulfonamides is 1. The molecule has 0 saturated heterocycles. The van der Waals surface area contributed by atoms with Crippen molar-refractivity contribution in [2.45, 2.75) is 37.6 Å². The highest BCUT2D eigenvalue weighted by Gasteiger charge is 2.31. The largest absolute Gasteiger partial charge is 0.478 e. The fourth-order valence-electron chi connectivity index (χ4n) is 2.34. The Morgan fingerprint density at radius 2 is 2.00 bits per heavy atom. The van der Waals surface area contributed by atoms with Gasteiger partial charge in [0.15, 0.2) is 0 Å². The topological polar surface area (TPSA) is 83.5 Å². The molecule has 110 valence electrons. The third kappa shape index (κ3) is 3.05. The molecule has 0 aromatic heterocycles. The zero-order valence-electron chi connectivity index (χ0n) is 11.2. The van der Waals surface area contributed by atoms with Gasteiger partial charge in [0.25, 0.3) is 0 Å². The van der Waals surface area contributed by atoms with Crippen molar-refractivity contribution < 1.29 is 18.3 Å². The number of carbonyl (C=O) groups is 1. The highest BCUT2D eigenvalue weighted by Crippen LogP contribution is 2.31. The number of carboxylic acid groups (broad SMARTS) is 1. The van der Waals surface area contributed by atoms with E-state index in [1.165, 1.54) is 12.1 Å². The molecule has 1 aliphatic carbocycles. The van der Waals surface area contributed by atoms with Crippen LogP contribution in [0, 0.1) is 12.8 Å². The van der Waals surface area contributed by atoms with Crippen molar-refractivity contribution in [3.8, 4) is 0 Å². The summed E-state index contributed by atoms with van der Waals surface area (Å²) >= 11 is 3.23. The lowest BCUT2D eigenvalue weighted by atomic mass is 9.83. The van der Waals surface area contributed by atoms with Gasteiger partial charge >= 0.3 is 5.97 Å². The molecule has 1 fully saturated rings. The summed E-state index contributed by atoms with van der Waals surface area (Å²) in [6.45, 7) is 3.73. The Hall–Kier alpha value is -0.920. The minimum Gasteiger partial charge on any atom is -0.478 e. The Balaban J connectivity index is 2.37. The maximum absolute atomic E-state index is 12.4. The van der Waals surface area contributed by atoms with Crippen LogP contribution in [0.2, 0.25) is 0 Å². The van der Waals surface area contributed by atoms with Crippen LogP contribution in [0.5, 0.6) is 0 Å². The van der Waals surface area contributed by atoms with E-state index in [9.17, 15) is 13.2 Å². The van der Waals surface area contributed by atoms with Gasteiger partial charge in [-0.25, -0.2) is 17.9 Å². The normalized spacial score (nSPS) is 22.4. The molecule has 5 nitrogen and oxygen atoms in total. The van der Waals surface area contributed by atoms with Crippen LogP contribution >= 0.6 is 15.9 Å². The molecule has 20 heavy (non-hydrogen) atoms. The second kappa shape index (κ2) is 5.46. The highest BCUT2D eigenvalue weighted by atomic mass is 79.9. The number of carboxylic acids is 1. The molecular formula is C13H16BrNO4S. The van der Waals surface area contributed by atoms with E-state index in [1.807, 2.05) is 0 Å². The van der Waals surface area contributed by atoms with Crippen LogP contribution in [0.1, 0.15) is 35.7 Å². The van der Waals surface area contributed by atoms with Crippen LogP contribution in [0.15, 0.2) is 21.5 Å². The molecule has 0 amide bonds. The van der Waals surface area contributed by atoms with Crippen LogP contribution in [0.25, 0.3) is 0 Å². The number of hydrogen-bond donors (Lipinski definition) is 2. The molecule has 0 aliphatic heterocycles. The second-order valence-electron chi connectivity index (χ2n) is 5.31. The third-order valence-corrected chi connectivity index (χ3v) is 6.31. The van der Waals surface area contributed by atoms with E-state index in [1.54, 1.807) is 6.92 Å². The molecule has 7 heteroatoms. The van der Waals surface area contributed by atoms with Gasteiger partial charge in [0.2, 0.25) is 10.0 Å². The van der Waals surface area contributed by atoms with Crippen molar-refractivity contribution in [2.75, 3.05) is 0 Å². The molecule has 2 rings (SSSR count). The van der Waals surface area contributed by atoms with E-state index < -0.39 is 16.0 Å². The van der Waals surface area contributed by atoms with Gasteiger partial charge in [-0.2, -0.15) is 0 Å². The highest BCUT2D eigenvalue weighted by molar-refractivity contribution is 9.10. The second-order valence-corrected chi connectivity index (χ2v) is 7.78. The van der Waals surface area contributed by atoms with Crippen LogP contribution in [-0.2, 0) is 10.0 Å². The van der Waals surface area contributed by atoms with Gasteiger partial charge < -0.3 is 5.11 Å².